The number of carbonyl (C=O) groups is 1. The first kappa shape index (κ1) is 28.3. The van der Waals surface area contributed by atoms with Gasteiger partial charge in [-0.2, -0.15) is 4.37 Å². The fraction of sp³-hybridized carbons (Fsp3) is 0.577. The molecule has 0 spiro atoms. The summed E-state index contributed by atoms with van der Waals surface area (Å²) in [7, 11) is 2.15. The van der Waals surface area contributed by atoms with Gasteiger partial charge in [0.2, 0.25) is 0 Å². The molecule has 2 unspecified atom stereocenters. The number of quaternary nitrogens is 1. The minimum atomic E-state index is -0.378. The summed E-state index contributed by atoms with van der Waals surface area (Å²) in [4.78, 5) is 12.4. The number of unbranched alkanes of at least 4 members (excludes halogenated alkanes) is 3. The highest BCUT2D eigenvalue weighted by molar-refractivity contribution is 8.13. The molecule has 0 saturated heterocycles. The number of hydrogen-bond acceptors (Lipinski definition) is 7. The molecule has 0 amide bonds. The van der Waals surface area contributed by atoms with Crippen molar-refractivity contribution in [1.82, 2.24) is 8.75 Å². The number of hydrogen-bond donors (Lipinski definition) is 0. The van der Waals surface area contributed by atoms with Gasteiger partial charge in [0.1, 0.15) is 12.2 Å². The van der Waals surface area contributed by atoms with Crippen molar-refractivity contribution in [3.05, 3.63) is 47.7 Å². The number of likely N-dealkylation sites (N-methyl/N-ethyl adjacent to an activating group) is 1. The zero-order valence-electron chi connectivity index (χ0n) is 21.3. The summed E-state index contributed by atoms with van der Waals surface area (Å²) >= 11 is 2.39. The molecular formula is C26H40N3O3S2+. The Labute approximate surface area is 213 Å². The van der Waals surface area contributed by atoms with E-state index in [0.29, 0.717) is 29.3 Å². The van der Waals surface area contributed by atoms with E-state index in [4.69, 9.17) is 9.47 Å². The van der Waals surface area contributed by atoms with Gasteiger partial charge in [-0.05, 0) is 30.3 Å². The van der Waals surface area contributed by atoms with Gasteiger partial charge in [-0.15, -0.1) is 4.37 Å². The zero-order chi connectivity index (χ0) is 24.8. The maximum atomic E-state index is 12.4. The molecule has 1 aromatic carbocycles. The molecule has 0 radical (unpaired) electrons. The van der Waals surface area contributed by atoms with Gasteiger partial charge in [0.25, 0.3) is 12.1 Å². The lowest BCUT2D eigenvalue weighted by molar-refractivity contribution is -0.953. The maximum Gasteiger partial charge on any atom is 0.372 e. The van der Waals surface area contributed by atoms with Crippen molar-refractivity contribution in [3.63, 3.8) is 0 Å². The van der Waals surface area contributed by atoms with E-state index in [2.05, 4.69) is 28.8 Å². The van der Waals surface area contributed by atoms with Gasteiger partial charge in [-0.3, -0.25) is 4.48 Å². The Morgan fingerprint density at radius 3 is 2.62 bits per heavy atom. The van der Waals surface area contributed by atoms with Crippen LogP contribution in [0.4, 0.5) is 4.79 Å². The average Bonchev–Trinajstić information content (AvgIpc) is 3.33. The Bertz CT molecular complexity index is 888. The van der Waals surface area contributed by atoms with Gasteiger partial charge in [0.15, 0.2) is 0 Å². The highest BCUT2D eigenvalue weighted by Gasteiger charge is 2.40. The summed E-state index contributed by atoms with van der Waals surface area (Å²) in [6, 6.07) is 10.0. The highest BCUT2D eigenvalue weighted by Crippen LogP contribution is 2.37. The third-order valence-corrected chi connectivity index (χ3v) is 6.81. The molecular weight excluding hydrogens is 466 g/mol. The molecule has 2 atom stereocenters. The number of benzene rings is 1. The van der Waals surface area contributed by atoms with E-state index >= 15 is 0 Å². The smallest absolute Gasteiger partial charge is 0.372 e. The van der Waals surface area contributed by atoms with Crippen molar-refractivity contribution in [2.45, 2.75) is 66.0 Å². The summed E-state index contributed by atoms with van der Waals surface area (Å²) < 4.78 is 21.5. The van der Waals surface area contributed by atoms with Crippen LogP contribution in [0.1, 0.15) is 77.3 Å². The van der Waals surface area contributed by atoms with Gasteiger partial charge in [0.05, 0.1) is 37.5 Å². The van der Waals surface area contributed by atoms with Gasteiger partial charge in [-0.1, -0.05) is 71.2 Å². The van der Waals surface area contributed by atoms with Crippen LogP contribution in [0, 0.1) is 0 Å². The van der Waals surface area contributed by atoms with Crippen molar-refractivity contribution in [2.75, 3.05) is 32.5 Å². The Morgan fingerprint density at radius 1 is 1.15 bits per heavy atom. The molecule has 0 saturated carbocycles. The quantitative estimate of drug-likeness (QED) is 0.180. The van der Waals surface area contributed by atoms with Crippen LogP contribution >= 0.6 is 23.5 Å². The number of nitrogens with zero attached hydrogens (tertiary/aromatic N) is 3. The van der Waals surface area contributed by atoms with Crippen LogP contribution in [0.5, 0.6) is 5.88 Å². The lowest BCUT2D eigenvalue weighted by Crippen LogP contribution is -2.51. The fourth-order valence-corrected chi connectivity index (χ4v) is 4.95. The standard InChI is InChI=1S/C24H34N3O3S2.C2H6/c1-4-6-7-11-17-29-22-21(25-32-26-22)20-15-12-16-27(3,18-20)23(30-24(28)31-5-2)19-13-9-8-10-14-19;1-2/h8-10,13-15,23H,4-7,11-12,16-18H2,1-3H3;1-2H3/q+1;. The van der Waals surface area contributed by atoms with E-state index in [1.807, 2.05) is 51.1 Å². The fourth-order valence-electron chi connectivity index (χ4n) is 4.02. The molecule has 1 aliphatic rings. The lowest BCUT2D eigenvalue weighted by Gasteiger charge is -2.42. The second-order valence-corrected chi connectivity index (χ2v) is 10.00. The minimum absolute atomic E-state index is 0.233. The Morgan fingerprint density at radius 2 is 1.91 bits per heavy atom. The largest absolute Gasteiger partial charge is 0.475 e. The molecule has 1 aliphatic heterocycles. The van der Waals surface area contributed by atoms with Gasteiger partial charge in [-0.25, -0.2) is 4.79 Å². The van der Waals surface area contributed by atoms with Crippen LogP contribution in [0.3, 0.4) is 0 Å². The number of ether oxygens (including phenoxy) is 2. The molecule has 1 aromatic heterocycles. The normalized spacial score (nSPS) is 18.3. The lowest BCUT2D eigenvalue weighted by atomic mass is 10.0. The maximum absolute atomic E-state index is 12.4. The predicted molar refractivity (Wildman–Crippen MR) is 143 cm³/mol. The Balaban J connectivity index is 0.00000199. The molecule has 188 valence electrons. The van der Waals surface area contributed by atoms with Crippen molar-refractivity contribution >= 4 is 34.4 Å². The summed E-state index contributed by atoms with van der Waals surface area (Å²) in [6.45, 7) is 10.4. The molecule has 0 fully saturated rings. The molecule has 0 bridgehead atoms. The van der Waals surface area contributed by atoms with E-state index in [0.717, 1.165) is 36.2 Å². The van der Waals surface area contributed by atoms with Crippen LogP contribution in [-0.4, -0.2) is 51.0 Å². The second kappa shape index (κ2) is 15.2. The number of aromatic nitrogens is 2. The molecule has 6 nitrogen and oxygen atoms in total. The van der Waals surface area contributed by atoms with E-state index in [9.17, 15) is 4.79 Å². The second-order valence-electron chi connectivity index (χ2n) is 8.27. The number of thioether (sulfide) groups is 1. The van der Waals surface area contributed by atoms with E-state index < -0.39 is 0 Å². The van der Waals surface area contributed by atoms with Crippen LogP contribution in [-0.2, 0) is 4.74 Å². The summed E-state index contributed by atoms with van der Waals surface area (Å²) in [5, 5.41) is -0.233. The van der Waals surface area contributed by atoms with E-state index in [1.165, 1.54) is 42.8 Å². The summed E-state index contributed by atoms with van der Waals surface area (Å²) in [5.41, 5.74) is 2.94. The van der Waals surface area contributed by atoms with Crippen LogP contribution < -0.4 is 4.74 Å². The van der Waals surface area contributed by atoms with Crippen molar-refractivity contribution in [3.8, 4) is 5.88 Å². The van der Waals surface area contributed by atoms with E-state index in [-0.39, 0.29) is 11.5 Å². The van der Waals surface area contributed by atoms with Crippen molar-refractivity contribution < 1.29 is 18.8 Å². The topological polar surface area (TPSA) is 61.3 Å². The number of rotatable bonds is 11. The first-order valence-electron chi connectivity index (χ1n) is 12.4. The van der Waals surface area contributed by atoms with Crippen molar-refractivity contribution in [2.24, 2.45) is 0 Å². The molecule has 2 heterocycles. The first-order chi connectivity index (χ1) is 16.6. The van der Waals surface area contributed by atoms with Gasteiger partial charge >= 0.3 is 5.30 Å². The van der Waals surface area contributed by atoms with Crippen LogP contribution in [0.15, 0.2) is 36.4 Å². The van der Waals surface area contributed by atoms with E-state index in [1.54, 1.807) is 0 Å². The molecule has 8 heteroatoms. The molecule has 0 aliphatic carbocycles. The van der Waals surface area contributed by atoms with Crippen LogP contribution in [0.2, 0.25) is 0 Å². The summed E-state index contributed by atoms with van der Waals surface area (Å²) in [6.07, 6.45) is 7.35. The molecule has 3 rings (SSSR count). The Kier molecular flexibility index (Phi) is 12.6. The first-order valence-corrected chi connectivity index (χ1v) is 14.2. The molecule has 2 aromatic rings. The molecule has 34 heavy (non-hydrogen) atoms. The highest BCUT2D eigenvalue weighted by atomic mass is 32.2. The average molecular weight is 507 g/mol. The van der Waals surface area contributed by atoms with Gasteiger partial charge in [0, 0.05) is 17.7 Å². The Hall–Kier alpha value is -1.90. The summed E-state index contributed by atoms with van der Waals surface area (Å²) in [5.74, 6) is 1.32. The SMILES string of the molecule is CC.CCCCCCOc1nsnc1C1=CCC[N+](C)(C(OC(=O)SCC)c2ccccc2)C1. The predicted octanol–water partition coefficient (Wildman–Crippen LogP) is 7.35. The number of carbonyl (C=O) groups excluding carboxylic acids is 1. The third-order valence-electron chi connectivity index (χ3n) is 5.68. The van der Waals surface area contributed by atoms with Crippen LogP contribution in [0.25, 0.3) is 5.57 Å². The van der Waals surface area contributed by atoms with Crippen molar-refractivity contribution in [1.29, 1.82) is 0 Å². The zero-order valence-corrected chi connectivity index (χ0v) is 22.9. The third kappa shape index (κ3) is 8.10. The monoisotopic (exact) mass is 506 g/mol. The molecule has 0 N–H and O–H groups in total. The van der Waals surface area contributed by atoms with Gasteiger partial charge < -0.3 is 9.47 Å². The minimum Gasteiger partial charge on any atom is -0.475 e.